The molecule has 0 atom stereocenters. The zero-order valence-corrected chi connectivity index (χ0v) is 14.9. The Kier molecular flexibility index (Phi) is 10.3. The van der Waals surface area contributed by atoms with Crippen LogP contribution < -0.4 is 15.4 Å². The van der Waals surface area contributed by atoms with Crippen LogP contribution in [0.5, 0.6) is 5.75 Å². The number of carbonyl (C=O) groups is 2. The van der Waals surface area contributed by atoms with Crippen molar-refractivity contribution in [1.29, 1.82) is 0 Å². The van der Waals surface area contributed by atoms with Crippen molar-refractivity contribution >= 4 is 17.5 Å². The first-order valence-corrected chi connectivity index (χ1v) is 8.90. The number of hydrogen-bond acceptors (Lipinski definition) is 3. The van der Waals surface area contributed by atoms with Gasteiger partial charge in [0, 0.05) is 18.3 Å². The number of anilines is 1. The molecule has 0 fully saturated rings. The number of nitrogens with one attached hydrogen (secondary N) is 2. The molecule has 0 saturated carbocycles. The first kappa shape index (κ1) is 20.0. The fourth-order valence-corrected chi connectivity index (χ4v) is 2.43. The van der Waals surface area contributed by atoms with Crippen LogP contribution in [0.4, 0.5) is 5.69 Å². The Bertz CT molecular complexity index is 503. The number of hydrogen-bond donors (Lipinski definition) is 2. The normalized spacial score (nSPS) is 10.2. The van der Waals surface area contributed by atoms with Crippen molar-refractivity contribution in [3.05, 3.63) is 24.3 Å². The molecular weight excluding hydrogens is 304 g/mol. The maximum Gasteiger partial charge on any atom is 0.313 e. The Hall–Kier alpha value is -2.04. The number of amides is 2. The quantitative estimate of drug-likeness (QED) is 0.476. The highest BCUT2D eigenvalue weighted by Gasteiger charge is 2.13. The molecule has 2 amide bonds. The number of ether oxygens (including phenoxy) is 1. The first-order valence-electron chi connectivity index (χ1n) is 8.90. The van der Waals surface area contributed by atoms with Crippen LogP contribution in [0.15, 0.2) is 24.3 Å². The van der Waals surface area contributed by atoms with Gasteiger partial charge in [-0.2, -0.15) is 0 Å². The predicted molar refractivity (Wildman–Crippen MR) is 97.2 cm³/mol. The molecule has 0 bridgehead atoms. The molecule has 0 saturated heterocycles. The summed E-state index contributed by atoms with van der Waals surface area (Å²) in [6.45, 7) is 2.76. The summed E-state index contributed by atoms with van der Waals surface area (Å²) in [7, 11) is 1.55. The van der Waals surface area contributed by atoms with Crippen molar-refractivity contribution in [3.8, 4) is 5.75 Å². The Labute approximate surface area is 145 Å². The lowest BCUT2D eigenvalue weighted by Gasteiger charge is -2.08. The average Bonchev–Trinajstić information content (AvgIpc) is 2.60. The smallest absolute Gasteiger partial charge is 0.313 e. The van der Waals surface area contributed by atoms with E-state index >= 15 is 0 Å². The largest absolute Gasteiger partial charge is 0.497 e. The lowest BCUT2D eigenvalue weighted by atomic mass is 10.1. The van der Waals surface area contributed by atoms with Gasteiger partial charge < -0.3 is 15.4 Å². The molecule has 0 aliphatic carbocycles. The van der Waals surface area contributed by atoms with E-state index in [0.29, 0.717) is 18.0 Å². The SMILES string of the molecule is CCCCCCCCCCNC(=O)C(=O)Nc1cccc(OC)c1. The third kappa shape index (κ3) is 8.56. The zero-order valence-electron chi connectivity index (χ0n) is 14.9. The van der Waals surface area contributed by atoms with E-state index in [1.54, 1.807) is 31.4 Å². The predicted octanol–water partition coefficient (Wildman–Crippen LogP) is 3.89. The molecule has 2 N–H and O–H groups in total. The summed E-state index contributed by atoms with van der Waals surface area (Å²) in [4.78, 5) is 23.6. The summed E-state index contributed by atoms with van der Waals surface area (Å²) in [5, 5.41) is 5.23. The second kappa shape index (κ2) is 12.4. The van der Waals surface area contributed by atoms with Crippen LogP contribution in [0.25, 0.3) is 0 Å². The van der Waals surface area contributed by atoms with E-state index in [4.69, 9.17) is 4.74 Å². The molecule has 5 nitrogen and oxygen atoms in total. The van der Waals surface area contributed by atoms with E-state index in [1.165, 1.54) is 38.5 Å². The fourth-order valence-electron chi connectivity index (χ4n) is 2.43. The standard InChI is InChI=1S/C19H30N2O3/c1-3-4-5-6-7-8-9-10-14-20-18(22)19(23)21-16-12-11-13-17(15-16)24-2/h11-13,15H,3-10,14H2,1-2H3,(H,20,22)(H,21,23). The number of methoxy groups -OCH3 is 1. The molecule has 134 valence electrons. The van der Waals surface area contributed by atoms with Crippen LogP contribution >= 0.6 is 0 Å². The van der Waals surface area contributed by atoms with Crippen molar-refractivity contribution in [2.24, 2.45) is 0 Å². The Morgan fingerprint density at radius 3 is 2.29 bits per heavy atom. The zero-order chi connectivity index (χ0) is 17.6. The monoisotopic (exact) mass is 334 g/mol. The number of benzene rings is 1. The first-order chi connectivity index (χ1) is 11.7. The van der Waals surface area contributed by atoms with Crippen LogP contribution in [0.2, 0.25) is 0 Å². The molecular formula is C19H30N2O3. The molecule has 0 radical (unpaired) electrons. The molecule has 24 heavy (non-hydrogen) atoms. The van der Waals surface area contributed by atoms with Gasteiger partial charge in [-0.3, -0.25) is 9.59 Å². The summed E-state index contributed by atoms with van der Waals surface area (Å²) >= 11 is 0. The van der Waals surface area contributed by atoms with E-state index in [9.17, 15) is 9.59 Å². The number of unbranched alkanes of at least 4 members (excludes halogenated alkanes) is 7. The molecule has 0 aromatic heterocycles. The summed E-state index contributed by atoms with van der Waals surface area (Å²) < 4.78 is 5.08. The highest BCUT2D eigenvalue weighted by Crippen LogP contribution is 2.16. The maximum atomic E-state index is 11.8. The highest BCUT2D eigenvalue weighted by atomic mass is 16.5. The Morgan fingerprint density at radius 2 is 1.62 bits per heavy atom. The van der Waals surface area contributed by atoms with Gasteiger partial charge in [0.1, 0.15) is 5.75 Å². The van der Waals surface area contributed by atoms with Crippen LogP contribution in [0.3, 0.4) is 0 Å². The molecule has 1 aromatic carbocycles. The van der Waals surface area contributed by atoms with Crippen molar-refractivity contribution in [1.82, 2.24) is 5.32 Å². The molecule has 1 aromatic rings. The second-order valence-electron chi connectivity index (χ2n) is 5.92. The van der Waals surface area contributed by atoms with Gasteiger partial charge >= 0.3 is 11.8 Å². The van der Waals surface area contributed by atoms with Crippen molar-refractivity contribution < 1.29 is 14.3 Å². The molecule has 0 heterocycles. The molecule has 0 aliphatic rings. The van der Waals surface area contributed by atoms with Crippen LogP contribution in [-0.2, 0) is 9.59 Å². The van der Waals surface area contributed by atoms with E-state index in [-0.39, 0.29) is 0 Å². The summed E-state index contributed by atoms with van der Waals surface area (Å²) in [5.41, 5.74) is 0.543. The molecule has 0 unspecified atom stereocenters. The average molecular weight is 334 g/mol. The third-order valence-corrected chi connectivity index (χ3v) is 3.85. The lowest BCUT2D eigenvalue weighted by molar-refractivity contribution is -0.136. The molecule has 5 heteroatoms. The van der Waals surface area contributed by atoms with Gasteiger partial charge in [-0.1, -0.05) is 57.9 Å². The maximum absolute atomic E-state index is 11.8. The van der Waals surface area contributed by atoms with Gasteiger partial charge in [-0.05, 0) is 18.6 Å². The molecule has 1 rings (SSSR count). The highest BCUT2D eigenvalue weighted by molar-refractivity contribution is 6.39. The van der Waals surface area contributed by atoms with E-state index < -0.39 is 11.8 Å². The van der Waals surface area contributed by atoms with Crippen LogP contribution in [0.1, 0.15) is 58.3 Å². The molecule has 0 aliphatic heterocycles. The number of carbonyl (C=O) groups excluding carboxylic acids is 2. The van der Waals surface area contributed by atoms with Crippen LogP contribution in [0, 0.1) is 0 Å². The summed E-state index contributed by atoms with van der Waals surface area (Å²) in [5.74, 6) is -0.615. The van der Waals surface area contributed by atoms with Crippen molar-refractivity contribution in [2.45, 2.75) is 58.3 Å². The van der Waals surface area contributed by atoms with Crippen molar-refractivity contribution in [3.63, 3.8) is 0 Å². The van der Waals surface area contributed by atoms with Gasteiger partial charge in [0.2, 0.25) is 0 Å². The van der Waals surface area contributed by atoms with E-state index in [0.717, 1.165) is 12.8 Å². The fraction of sp³-hybridized carbons (Fsp3) is 0.579. The second-order valence-corrected chi connectivity index (χ2v) is 5.92. The summed E-state index contributed by atoms with van der Waals surface area (Å²) in [6.07, 6.45) is 9.64. The van der Waals surface area contributed by atoms with Gasteiger partial charge in [0.15, 0.2) is 0 Å². The minimum atomic E-state index is -0.650. The Balaban J connectivity index is 2.13. The minimum absolute atomic E-state index is 0.541. The lowest BCUT2D eigenvalue weighted by Crippen LogP contribution is -2.35. The Morgan fingerprint density at radius 1 is 0.958 bits per heavy atom. The third-order valence-electron chi connectivity index (χ3n) is 3.85. The summed E-state index contributed by atoms with van der Waals surface area (Å²) in [6, 6.07) is 6.92. The van der Waals surface area contributed by atoms with Crippen LogP contribution in [-0.4, -0.2) is 25.5 Å². The van der Waals surface area contributed by atoms with Gasteiger partial charge in [0.05, 0.1) is 7.11 Å². The van der Waals surface area contributed by atoms with Gasteiger partial charge in [0.25, 0.3) is 0 Å². The number of rotatable bonds is 11. The minimum Gasteiger partial charge on any atom is -0.497 e. The van der Waals surface area contributed by atoms with E-state index in [1.807, 2.05) is 0 Å². The van der Waals surface area contributed by atoms with E-state index in [2.05, 4.69) is 17.6 Å². The van der Waals surface area contributed by atoms with Gasteiger partial charge in [-0.15, -0.1) is 0 Å². The van der Waals surface area contributed by atoms with Gasteiger partial charge in [-0.25, -0.2) is 0 Å². The topological polar surface area (TPSA) is 67.4 Å². The van der Waals surface area contributed by atoms with Crippen molar-refractivity contribution in [2.75, 3.05) is 19.0 Å². The molecule has 0 spiro atoms.